The summed E-state index contributed by atoms with van der Waals surface area (Å²) in [6.07, 6.45) is 0.917. The minimum Gasteiger partial charge on any atom is -0.497 e. The Labute approximate surface area is 99.7 Å². The second-order valence-corrected chi connectivity index (χ2v) is 6.22. The van der Waals surface area contributed by atoms with Crippen LogP contribution < -0.4 is 9.47 Å². The molecule has 0 N–H and O–H groups in total. The lowest BCUT2D eigenvalue weighted by Gasteiger charge is -2.18. The van der Waals surface area contributed by atoms with Gasteiger partial charge in [-0.15, -0.1) is 0 Å². The Morgan fingerprint density at radius 2 is 1.87 bits per heavy atom. The minimum atomic E-state index is 0.0782. The van der Waals surface area contributed by atoms with Crippen LogP contribution in [0.25, 0.3) is 0 Å². The van der Waals surface area contributed by atoms with E-state index in [1.54, 1.807) is 14.2 Å². The van der Waals surface area contributed by atoms with Crippen LogP contribution in [0.15, 0.2) is 18.2 Å². The molecular formula is C12H17BrO2. The van der Waals surface area contributed by atoms with E-state index in [0.717, 1.165) is 17.9 Å². The molecule has 1 aromatic rings. The first kappa shape index (κ1) is 12.4. The summed E-state index contributed by atoms with van der Waals surface area (Å²) in [5, 5.41) is 0. The van der Waals surface area contributed by atoms with E-state index < -0.39 is 0 Å². The first-order valence-electron chi connectivity index (χ1n) is 4.86. The molecular weight excluding hydrogens is 256 g/mol. The largest absolute Gasteiger partial charge is 0.497 e. The SMILES string of the molecule is COc1ccc(CC(C)(C)Br)c(OC)c1. The quantitative estimate of drug-likeness (QED) is 0.782. The van der Waals surface area contributed by atoms with Gasteiger partial charge in [0.15, 0.2) is 0 Å². The highest BCUT2D eigenvalue weighted by Crippen LogP contribution is 2.30. The predicted octanol–water partition coefficient (Wildman–Crippen LogP) is 3.42. The lowest BCUT2D eigenvalue weighted by atomic mass is 10.0. The highest BCUT2D eigenvalue weighted by molar-refractivity contribution is 9.10. The molecule has 0 radical (unpaired) electrons. The normalized spacial score (nSPS) is 11.3. The van der Waals surface area contributed by atoms with Gasteiger partial charge in [0.25, 0.3) is 0 Å². The van der Waals surface area contributed by atoms with Gasteiger partial charge in [0, 0.05) is 10.4 Å². The number of methoxy groups -OCH3 is 2. The highest BCUT2D eigenvalue weighted by atomic mass is 79.9. The number of hydrogen-bond donors (Lipinski definition) is 0. The molecule has 15 heavy (non-hydrogen) atoms. The summed E-state index contributed by atoms with van der Waals surface area (Å²) in [6, 6.07) is 5.91. The Kier molecular flexibility index (Phi) is 4.03. The molecule has 0 aliphatic carbocycles. The van der Waals surface area contributed by atoms with Crippen molar-refractivity contribution in [3.63, 3.8) is 0 Å². The van der Waals surface area contributed by atoms with Crippen LogP contribution in [0.2, 0.25) is 0 Å². The van der Waals surface area contributed by atoms with Crippen molar-refractivity contribution >= 4 is 15.9 Å². The average molecular weight is 273 g/mol. The number of rotatable bonds is 4. The van der Waals surface area contributed by atoms with Gasteiger partial charge in [-0.1, -0.05) is 22.0 Å². The lowest BCUT2D eigenvalue weighted by molar-refractivity contribution is 0.390. The summed E-state index contributed by atoms with van der Waals surface area (Å²) in [4.78, 5) is 0. The van der Waals surface area contributed by atoms with Crippen LogP contribution in [0.1, 0.15) is 19.4 Å². The van der Waals surface area contributed by atoms with Gasteiger partial charge in [-0.25, -0.2) is 0 Å². The molecule has 0 saturated heterocycles. The summed E-state index contributed by atoms with van der Waals surface area (Å²) >= 11 is 3.63. The first-order valence-corrected chi connectivity index (χ1v) is 5.65. The van der Waals surface area contributed by atoms with E-state index in [9.17, 15) is 0 Å². The van der Waals surface area contributed by atoms with Crippen molar-refractivity contribution < 1.29 is 9.47 Å². The van der Waals surface area contributed by atoms with Gasteiger partial charge in [0.2, 0.25) is 0 Å². The Balaban J connectivity index is 2.97. The standard InChI is InChI=1S/C12H17BrO2/c1-12(2,13)8-9-5-6-10(14-3)7-11(9)15-4/h5-7H,8H2,1-4H3. The average Bonchev–Trinajstić information content (AvgIpc) is 2.16. The van der Waals surface area contributed by atoms with Crippen molar-refractivity contribution in [2.24, 2.45) is 0 Å². The monoisotopic (exact) mass is 272 g/mol. The van der Waals surface area contributed by atoms with Gasteiger partial charge >= 0.3 is 0 Å². The smallest absolute Gasteiger partial charge is 0.125 e. The van der Waals surface area contributed by atoms with Crippen molar-refractivity contribution in [3.05, 3.63) is 23.8 Å². The topological polar surface area (TPSA) is 18.5 Å². The Morgan fingerprint density at radius 3 is 2.33 bits per heavy atom. The third-order valence-corrected chi connectivity index (χ3v) is 2.39. The molecule has 0 aliphatic rings. The van der Waals surface area contributed by atoms with Gasteiger partial charge in [-0.2, -0.15) is 0 Å². The summed E-state index contributed by atoms with van der Waals surface area (Å²) in [5.74, 6) is 1.70. The zero-order valence-electron chi connectivity index (χ0n) is 9.63. The maximum absolute atomic E-state index is 5.33. The molecule has 0 atom stereocenters. The summed E-state index contributed by atoms with van der Waals surface area (Å²) < 4.78 is 10.6. The van der Waals surface area contributed by atoms with Crippen LogP contribution in [0.3, 0.4) is 0 Å². The molecule has 1 aromatic carbocycles. The van der Waals surface area contributed by atoms with Crippen LogP contribution in [0, 0.1) is 0 Å². The summed E-state index contributed by atoms with van der Waals surface area (Å²) in [6.45, 7) is 4.27. The van der Waals surface area contributed by atoms with Crippen molar-refractivity contribution in [3.8, 4) is 11.5 Å². The second-order valence-electron chi connectivity index (χ2n) is 4.07. The predicted molar refractivity (Wildman–Crippen MR) is 66.3 cm³/mol. The van der Waals surface area contributed by atoms with E-state index in [0.29, 0.717) is 0 Å². The fourth-order valence-corrected chi connectivity index (χ4v) is 1.75. The molecule has 0 bridgehead atoms. The highest BCUT2D eigenvalue weighted by Gasteiger charge is 2.16. The van der Waals surface area contributed by atoms with E-state index in [-0.39, 0.29) is 4.32 Å². The number of benzene rings is 1. The van der Waals surface area contributed by atoms with Crippen LogP contribution in [-0.4, -0.2) is 18.5 Å². The second kappa shape index (κ2) is 4.88. The molecule has 2 nitrogen and oxygen atoms in total. The van der Waals surface area contributed by atoms with E-state index >= 15 is 0 Å². The fraction of sp³-hybridized carbons (Fsp3) is 0.500. The minimum absolute atomic E-state index is 0.0782. The van der Waals surface area contributed by atoms with Gasteiger partial charge in [0.1, 0.15) is 11.5 Å². The number of halogens is 1. The fourth-order valence-electron chi connectivity index (χ4n) is 1.45. The summed E-state index contributed by atoms with van der Waals surface area (Å²) in [5.41, 5.74) is 1.18. The maximum atomic E-state index is 5.33. The van der Waals surface area contributed by atoms with Crippen LogP contribution in [-0.2, 0) is 6.42 Å². The molecule has 0 saturated carbocycles. The molecule has 0 aromatic heterocycles. The third kappa shape index (κ3) is 3.74. The molecule has 84 valence electrons. The molecule has 0 unspecified atom stereocenters. The molecule has 0 amide bonds. The van der Waals surface area contributed by atoms with E-state index in [2.05, 4.69) is 29.8 Å². The zero-order valence-corrected chi connectivity index (χ0v) is 11.2. The van der Waals surface area contributed by atoms with Crippen molar-refractivity contribution in [1.29, 1.82) is 0 Å². The van der Waals surface area contributed by atoms with E-state index in [4.69, 9.17) is 9.47 Å². The van der Waals surface area contributed by atoms with Gasteiger partial charge in [-0.05, 0) is 31.9 Å². The van der Waals surface area contributed by atoms with Gasteiger partial charge in [-0.3, -0.25) is 0 Å². The van der Waals surface area contributed by atoms with Crippen LogP contribution >= 0.6 is 15.9 Å². The lowest BCUT2D eigenvalue weighted by Crippen LogP contribution is -2.13. The number of ether oxygens (including phenoxy) is 2. The summed E-state index contributed by atoms with van der Waals surface area (Å²) in [7, 11) is 3.34. The number of hydrogen-bond acceptors (Lipinski definition) is 2. The Morgan fingerprint density at radius 1 is 1.20 bits per heavy atom. The van der Waals surface area contributed by atoms with Crippen molar-refractivity contribution in [2.45, 2.75) is 24.6 Å². The Bertz CT molecular complexity index is 329. The van der Waals surface area contributed by atoms with Gasteiger partial charge < -0.3 is 9.47 Å². The molecule has 1 rings (SSSR count). The van der Waals surface area contributed by atoms with Crippen LogP contribution in [0.5, 0.6) is 11.5 Å². The molecule has 0 heterocycles. The van der Waals surface area contributed by atoms with E-state index in [1.165, 1.54) is 5.56 Å². The third-order valence-electron chi connectivity index (χ3n) is 2.11. The molecule has 0 fully saturated rings. The van der Waals surface area contributed by atoms with Crippen molar-refractivity contribution in [2.75, 3.05) is 14.2 Å². The van der Waals surface area contributed by atoms with Gasteiger partial charge in [0.05, 0.1) is 14.2 Å². The molecule has 0 aliphatic heterocycles. The van der Waals surface area contributed by atoms with E-state index in [1.807, 2.05) is 18.2 Å². The first-order chi connectivity index (χ1) is 6.96. The van der Waals surface area contributed by atoms with Crippen LogP contribution in [0.4, 0.5) is 0 Å². The molecule has 3 heteroatoms. The zero-order chi connectivity index (χ0) is 11.5. The molecule has 0 spiro atoms. The maximum Gasteiger partial charge on any atom is 0.125 e. The number of alkyl halides is 1. The van der Waals surface area contributed by atoms with Crippen molar-refractivity contribution in [1.82, 2.24) is 0 Å². The Hall–Kier alpha value is -0.700.